The number of carbonyl (C=O) groups excluding carboxylic acids is 1. The third-order valence-corrected chi connectivity index (χ3v) is 7.96. The molecule has 182 valence electrons. The van der Waals surface area contributed by atoms with Gasteiger partial charge in [0.1, 0.15) is 0 Å². The van der Waals surface area contributed by atoms with Crippen LogP contribution in [-0.2, 0) is 21.5 Å². The van der Waals surface area contributed by atoms with Gasteiger partial charge in [0.15, 0.2) is 17.9 Å². The second-order valence-electron chi connectivity index (χ2n) is 10.3. The Morgan fingerprint density at radius 2 is 1.89 bits per heavy atom. The molecule has 6 nitrogen and oxygen atoms in total. The molecule has 2 aliphatic carbocycles. The number of nitrogens with zero attached hydrogens (tertiary/aromatic N) is 3. The number of hydrogen-bond donors (Lipinski definition) is 1. The average Bonchev–Trinajstić information content (AvgIpc) is 3.25. The highest BCUT2D eigenvalue weighted by molar-refractivity contribution is 6.08. The van der Waals surface area contributed by atoms with Gasteiger partial charge < -0.3 is 10.5 Å². The zero-order chi connectivity index (χ0) is 25.0. The highest BCUT2D eigenvalue weighted by Gasteiger charge is 2.67. The van der Waals surface area contributed by atoms with Gasteiger partial charge in [-0.3, -0.25) is 9.69 Å². The van der Waals surface area contributed by atoms with Crippen molar-refractivity contribution < 1.29 is 13.9 Å². The Hall–Kier alpha value is -3.24. The molecule has 0 aromatic heterocycles. The summed E-state index contributed by atoms with van der Waals surface area (Å²) in [6.45, 7) is 5.30. The summed E-state index contributed by atoms with van der Waals surface area (Å²) in [7, 11) is 0. The van der Waals surface area contributed by atoms with Crippen LogP contribution in [0.4, 0.5) is 4.39 Å². The number of rotatable bonds is 4. The lowest BCUT2D eigenvalue weighted by molar-refractivity contribution is -0.142. The maximum Gasteiger partial charge on any atom is 0.262 e. The molecule has 2 aromatic rings. The van der Waals surface area contributed by atoms with Gasteiger partial charge in [-0.1, -0.05) is 24.3 Å². The van der Waals surface area contributed by atoms with Crippen molar-refractivity contribution in [2.75, 3.05) is 0 Å². The molecule has 1 fully saturated rings. The number of hydrogen-bond acceptors (Lipinski definition) is 5. The van der Waals surface area contributed by atoms with Crippen LogP contribution in [0.25, 0.3) is 11.1 Å². The number of amides is 1. The van der Waals surface area contributed by atoms with E-state index in [-0.39, 0.29) is 24.0 Å². The number of halogens is 1. The first-order valence-corrected chi connectivity index (χ1v) is 12.3. The van der Waals surface area contributed by atoms with E-state index in [1.54, 1.807) is 11.0 Å². The third kappa shape index (κ3) is 3.54. The summed E-state index contributed by atoms with van der Waals surface area (Å²) in [5.41, 5.74) is 9.28. The minimum Gasteiger partial charge on any atom is -0.369 e. The maximum atomic E-state index is 14.2. The molecule has 3 aliphatic rings. The summed E-state index contributed by atoms with van der Waals surface area (Å²) >= 11 is 0. The van der Waals surface area contributed by atoms with E-state index in [0.29, 0.717) is 37.7 Å². The van der Waals surface area contributed by atoms with E-state index < -0.39 is 17.3 Å². The van der Waals surface area contributed by atoms with E-state index in [0.717, 1.165) is 22.3 Å². The minimum absolute atomic E-state index is 0.0788. The number of ether oxygens (including phenoxy) is 1. The average molecular weight is 475 g/mol. The standard InChI is InChI=1S/C28H31FN4O2/c1-17(2)33-25(34)28(32-26(33)31)24-14-21(20-6-4-5-19(13-20)16-30)7-8-22(24)15-27(28)11-9-23(10-12-27)35-18(3)29/h4-8,13-14,17-18,23H,9-12,15H2,1-3H3,(H2,31,32). The molecule has 2 atom stereocenters. The first-order valence-electron chi connectivity index (χ1n) is 12.3. The van der Waals surface area contributed by atoms with Gasteiger partial charge in [-0.2, -0.15) is 5.26 Å². The van der Waals surface area contributed by atoms with Crippen molar-refractivity contribution in [2.24, 2.45) is 16.1 Å². The molecule has 1 amide bonds. The second kappa shape index (κ2) is 8.46. The van der Waals surface area contributed by atoms with Crippen molar-refractivity contribution in [3.8, 4) is 17.2 Å². The Bertz CT molecular complexity index is 1240. The quantitative estimate of drug-likeness (QED) is 0.689. The van der Waals surface area contributed by atoms with Crippen LogP contribution in [0.3, 0.4) is 0 Å². The fraction of sp³-hybridized carbons (Fsp3) is 0.464. The van der Waals surface area contributed by atoms with Gasteiger partial charge in [0.05, 0.1) is 17.7 Å². The number of nitrogens with two attached hydrogens (primary N) is 1. The molecule has 0 bridgehead atoms. The van der Waals surface area contributed by atoms with Crippen molar-refractivity contribution >= 4 is 11.9 Å². The molecular weight excluding hydrogens is 443 g/mol. The number of carbonyl (C=O) groups is 1. The Morgan fingerprint density at radius 1 is 1.17 bits per heavy atom. The van der Waals surface area contributed by atoms with E-state index in [1.807, 2.05) is 38.1 Å². The number of alkyl halides is 1. The van der Waals surface area contributed by atoms with Crippen LogP contribution < -0.4 is 5.73 Å². The predicted octanol–water partition coefficient (Wildman–Crippen LogP) is 4.80. The molecule has 0 radical (unpaired) electrons. The first-order chi connectivity index (χ1) is 16.7. The zero-order valence-corrected chi connectivity index (χ0v) is 20.4. The Labute approximate surface area is 205 Å². The van der Waals surface area contributed by atoms with E-state index in [1.165, 1.54) is 6.92 Å². The van der Waals surface area contributed by atoms with E-state index in [9.17, 15) is 14.4 Å². The topological polar surface area (TPSA) is 91.7 Å². The van der Waals surface area contributed by atoms with Gasteiger partial charge in [0.2, 0.25) is 0 Å². The van der Waals surface area contributed by atoms with E-state index >= 15 is 0 Å². The highest BCUT2D eigenvalue weighted by atomic mass is 19.1. The van der Waals surface area contributed by atoms with Crippen LogP contribution >= 0.6 is 0 Å². The summed E-state index contributed by atoms with van der Waals surface area (Å²) in [6, 6.07) is 15.7. The fourth-order valence-corrected chi connectivity index (χ4v) is 6.45. The molecule has 5 rings (SSSR count). The number of aliphatic imine (C=N–C) groups is 1. The number of fused-ring (bicyclic) bond motifs is 3. The lowest BCUT2D eigenvalue weighted by Crippen LogP contribution is -2.53. The summed E-state index contributed by atoms with van der Waals surface area (Å²) in [4.78, 5) is 20.8. The molecule has 7 heteroatoms. The molecule has 0 saturated heterocycles. The maximum absolute atomic E-state index is 14.2. The normalized spacial score (nSPS) is 28.5. The molecule has 35 heavy (non-hydrogen) atoms. The summed E-state index contributed by atoms with van der Waals surface area (Å²) < 4.78 is 19.0. The fourth-order valence-electron chi connectivity index (χ4n) is 6.45. The van der Waals surface area contributed by atoms with Gasteiger partial charge in [0, 0.05) is 11.5 Å². The molecule has 2 N–H and O–H groups in total. The first kappa shape index (κ1) is 23.5. The lowest BCUT2D eigenvalue weighted by atomic mass is 9.61. The van der Waals surface area contributed by atoms with Crippen LogP contribution in [-0.4, -0.2) is 35.3 Å². The van der Waals surface area contributed by atoms with Crippen molar-refractivity contribution in [3.05, 3.63) is 59.2 Å². The van der Waals surface area contributed by atoms with Crippen LogP contribution in [0, 0.1) is 16.7 Å². The second-order valence-corrected chi connectivity index (χ2v) is 10.3. The summed E-state index contributed by atoms with van der Waals surface area (Å²) in [5, 5.41) is 9.35. The van der Waals surface area contributed by atoms with Crippen molar-refractivity contribution in [3.63, 3.8) is 0 Å². The summed E-state index contributed by atoms with van der Waals surface area (Å²) in [5.74, 6) is 0.176. The summed E-state index contributed by atoms with van der Waals surface area (Å²) in [6.07, 6.45) is 1.99. The molecule has 2 unspecified atom stereocenters. The van der Waals surface area contributed by atoms with Gasteiger partial charge in [-0.15, -0.1) is 0 Å². The number of guanidine groups is 1. The molecular formula is C28H31FN4O2. The largest absolute Gasteiger partial charge is 0.369 e. The number of benzene rings is 2. The van der Waals surface area contributed by atoms with Crippen LogP contribution in [0.1, 0.15) is 63.1 Å². The van der Waals surface area contributed by atoms with Gasteiger partial charge in [-0.25, -0.2) is 9.38 Å². The van der Waals surface area contributed by atoms with Gasteiger partial charge in [0.25, 0.3) is 5.91 Å². The Morgan fingerprint density at radius 3 is 2.51 bits per heavy atom. The Balaban J connectivity index is 1.63. The van der Waals surface area contributed by atoms with Gasteiger partial charge in [-0.05, 0) is 93.3 Å². The predicted molar refractivity (Wildman–Crippen MR) is 132 cm³/mol. The van der Waals surface area contributed by atoms with E-state index in [4.69, 9.17) is 15.5 Å². The molecule has 1 saturated carbocycles. The molecule has 2 spiro atoms. The number of nitriles is 1. The van der Waals surface area contributed by atoms with Gasteiger partial charge >= 0.3 is 0 Å². The van der Waals surface area contributed by atoms with E-state index in [2.05, 4.69) is 18.2 Å². The monoisotopic (exact) mass is 474 g/mol. The van der Waals surface area contributed by atoms with Crippen LogP contribution in [0.2, 0.25) is 0 Å². The van der Waals surface area contributed by atoms with Crippen LogP contribution in [0.15, 0.2) is 47.5 Å². The van der Waals surface area contributed by atoms with Crippen molar-refractivity contribution in [1.82, 2.24) is 4.90 Å². The highest BCUT2D eigenvalue weighted by Crippen LogP contribution is 2.62. The lowest BCUT2D eigenvalue weighted by Gasteiger charge is -2.45. The molecule has 2 aromatic carbocycles. The SMILES string of the molecule is CC(F)OC1CCC2(CC1)Cc1ccc(-c3cccc(C#N)c3)cc1C21N=C(N)N(C(C)C)C1=O. The Kier molecular flexibility index (Phi) is 5.68. The third-order valence-electron chi connectivity index (χ3n) is 7.96. The molecule has 1 aliphatic heterocycles. The van der Waals surface area contributed by atoms with Crippen LogP contribution in [0.5, 0.6) is 0 Å². The smallest absolute Gasteiger partial charge is 0.262 e. The van der Waals surface area contributed by atoms with Crippen molar-refractivity contribution in [2.45, 2.75) is 76.9 Å². The molecule has 1 heterocycles. The minimum atomic E-state index is -1.31. The van der Waals surface area contributed by atoms with Crippen molar-refractivity contribution in [1.29, 1.82) is 5.26 Å². The zero-order valence-electron chi connectivity index (χ0n) is 20.4.